The minimum atomic E-state index is -0.812. The molecule has 5 nitrogen and oxygen atoms in total. The van der Waals surface area contributed by atoms with Crippen molar-refractivity contribution in [1.29, 1.82) is 0 Å². The van der Waals surface area contributed by atoms with Crippen LogP contribution in [0.15, 0.2) is 0 Å². The lowest BCUT2D eigenvalue weighted by Crippen LogP contribution is -2.45. The van der Waals surface area contributed by atoms with Gasteiger partial charge in [0.25, 0.3) is 0 Å². The third-order valence-corrected chi connectivity index (χ3v) is 4.29. The summed E-state index contributed by atoms with van der Waals surface area (Å²) in [6, 6.07) is -0.363. The normalized spacial score (nSPS) is 24.9. The van der Waals surface area contributed by atoms with Gasteiger partial charge in [0, 0.05) is 19.1 Å². The van der Waals surface area contributed by atoms with Crippen LogP contribution in [0.3, 0.4) is 0 Å². The number of aliphatic carboxylic acids is 1. The average molecular weight is 274 g/mol. The first-order valence-corrected chi connectivity index (χ1v) is 7.63. The Balaban J connectivity index is 2.41. The van der Waals surface area contributed by atoms with Gasteiger partial charge in [0.05, 0.1) is 5.92 Å². The number of likely N-dealkylation sites (tertiary alicyclic amines) is 1. The van der Waals surface area contributed by atoms with Gasteiger partial charge in [0.2, 0.25) is 0 Å². The van der Waals surface area contributed by atoms with E-state index in [0.717, 1.165) is 5.75 Å². The van der Waals surface area contributed by atoms with Gasteiger partial charge in [-0.05, 0) is 31.3 Å². The fourth-order valence-corrected chi connectivity index (χ4v) is 2.95. The number of urea groups is 1. The summed E-state index contributed by atoms with van der Waals surface area (Å²) in [6.45, 7) is 5.06. The fourth-order valence-electron chi connectivity index (χ4n) is 2.26. The third-order valence-electron chi connectivity index (χ3n) is 3.39. The number of nitrogens with one attached hydrogen (secondary N) is 1. The first-order valence-electron chi connectivity index (χ1n) is 6.23. The van der Waals surface area contributed by atoms with E-state index in [1.165, 1.54) is 0 Å². The molecular weight excluding hydrogens is 252 g/mol. The fraction of sp³-hybridized carbons (Fsp3) is 0.833. The van der Waals surface area contributed by atoms with Crippen LogP contribution in [0.5, 0.6) is 0 Å². The minimum absolute atomic E-state index is 0.140. The van der Waals surface area contributed by atoms with Crippen LogP contribution in [-0.2, 0) is 4.79 Å². The van der Waals surface area contributed by atoms with Crippen LogP contribution in [0.4, 0.5) is 4.79 Å². The number of carbonyl (C=O) groups excluding carboxylic acids is 1. The lowest BCUT2D eigenvalue weighted by Gasteiger charge is -2.24. The quantitative estimate of drug-likeness (QED) is 0.797. The second kappa shape index (κ2) is 6.87. The summed E-state index contributed by atoms with van der Waals surface area (Å²) in [4.78, 5) is 24.5. The highest BCUT2D eigenvalue weighted by molar-refractivity contribution is 7.98. The molecule has 2 amide bonds. The summed E-state index contributed by atoms with van der Waals surface area (Å²) in [5.41, 5.74) is 0. The topological polar surface area (TPSA) is 69.6 Å². The van der Waals surface area contributed by atoms with Gasteiger partial charge in [-0.1, -0.05) is 6.92 Å². The number of hydrogen-bond acceptors (Lipinski definition) is 3. The van der Waals surface area contributed by atoms with Crippen LogP contribution in [-0.4, -0.2) is 53.1 Å². The minimum Gasteiger partial charge on any atom is -0.481 e. The maximum atomic E-state index is 11.9. The second-order valence-corrected chi connectivity index (χ2v) is 5.82. The molecule has 0 bridgehead atoms. The molecular formula is C12H22N2O3S. The van der Waals surface area contributed by atoms with Gasteiger partial charge in [0.1, 0.15) is 0 Å². The molecule has 3 unspecified atom stereocenters. The van der Waals surface area contributed by atoms with Gasteiger partial charge < -0.3 is 15.3 Å². The molecule has 18 heavy (non-hydrogen) atoms. The van der Waals surface area contributed by atoms with Crippen molar-refractivity contribution in [3.63, 3.8) is 0 Å². The lowest BCUT2D eigenvalue weighted by molar-refractivity contribution is -0.142. The van der Waals surface area contributed by atoms with Gasteiger partial charge in [-0.25, -0.2) is 4.79 Å². The van der Waals surface area contributed by atoms with E-state index in [4.69, 9.17) is 5.11 Å². The number of carboxylic acids is 1. The Morgan fingerprint density at radius 1 is 1.56 bits per heavy atom. The van der Waals surface area contributed by atoms with E-state index in [-0.39, 0.29) is 12.1 Å². The summed E-state index contributed by atoms with van der Waals surface area (Å²) < 4.78 is 0. The molecule has 0 radical (unpaired) electrons. The van der Waals surface area contributed by atoms with Crippen LogP contribution >= 0.6 is 11.8 Å². The molecule has 0 aromatic heterocycles. The van der Waals surface area contributed by atoms with Crippen molar-refractivity contribution >= 4 is 23.8 Å². The van der Waals surface area contributed by atoms with Crippen LogP contribution in [0.2, 0.25) is 0 Å². The molecule has 1 rings (SSSR count). The predicted octanol–water partition coefficient (Wildman–Crippen LogP) is 1.49. The van der Waals surface area contributed by atoms with Gasteiger partial charge in [-0.15, -0.1) is 0 Å². The smallest absolute Gasteiger partial charge is 0.317 e. The van der Waals surface area contributed by atoms with Crippen molar-refractivity contribution in [3.05, 3.63) is 0 Å². The van der Waals surface area contributed by atoms with E-state index in [1.807, 2.05) is 6.26 Å². The van der Waals surface area contributed by atoms with Crippen molar-refractivity contribution in [2.45, 2.75) is 26.3 Å². The molecule has 6 heteroatoms. The van der Waals surface area contributed by atoms with Crippen molar-refractivity contribution < 1.29 is 14.7 Å². The second-order valence-electron chi connectivity index (χ2n) is 4.91. The third kappa shape index (κ3) is 3.80. The van der Waals surface area contributed by atoms with Crippen molar-refractivity contribution in [3.8, 4) is 0 Å². The SMILES string of the molecule is CSCC(C)CNC(=O)N1CCC(C(=O)O)C1C. The Morgan fingerprint density at radius 3 is 2.72 bits per heavy atom. The molecule has 1 saturated heterocycles. The van der Waals surface area contributed by atoms with E-state index < -0.39 is 11.9 Å². The Bertz CT molecular complexity index is 312. The van der Waals surface area contributed by atoms with E-state index in [2.05, 4.69) is 12.2 Å². The monoisotopic (exact) mass is 274 g/mol. The number of thioether (sulfide) groups is 1. The number of nitrogens with zero attached hydrogens (tertiary/aromatic N) is 1. The molecule has 104 valence electrons. The highest BCUT2D eigenvalue weighted by Crippen LogP contribution is 2.24. The predicted molar refractivity (Wildman–Crippen MR) is 72.9 cm³/mol. The lowest BCUT2D eigenvalue weighted by atomic mass is 10.0. The Hall–Kier alpha value is -0.910. The van der Waals surface area contributed by atoms with E-state index in [9.17, 15) is 9.59 Å². The van der Waals surface area contributed by atoms with Crippen LogP contribution in [0, 0.1) is 11.8 Å². The molecule has 0 aromatic rings. The Kier molecular flexibility index (Phi) is 5.78. The number of rotatable bonds is 5. The van der Waals surface area contributed by atoms with Crippen LogP contribution < -0.4 is 5.32 Å². The van der Waals surface area contributed by atoms with Gasteiger partial charge in [0.15, 0.2) is 0 Å². The van der Waals surface area contributed by atoms with Crippen molar-refractivity contribution in [2.75, 3.05) is 25.1 Å². The first kappa shape index (κ1) is 15.1. The molecule has 1 fully saturated rings. The number of hydrogen-bond donors (Lipinski definition) is 2. The van der Waals surface area contributed by atoms with E-state index >= 15 is 0 Å². The molecule has 1 heterocycles. The summed E-state index contributed by atoms with van der Waals surface area (Å²) in [6.07, 6.45) is 2.59. The van der Waals surface area contributed by atoms with E-state index in [0.29, 0.717) is 25.4 Å². The first-order chi connectivity index (χ1) is 8.47. The zero-order valence-corrected chi connectivity index (χ0v) is 12.0. The molecule has 0 aromatic carbocycles. The van der Waals surface area contributed by atoms with Crippen molar-refractivity contribution in [1.82, 2.24) is 10.2 Å². The standard InChI is InChI=1S/C12H22N2O3S/c1-8(7-18-3)6-13-12(17)14-5-4-10(9(14)2)11(15)16/h8-10H,4-7H2,1-3H3,(H,13,17)(H,15,16). The Morgan fingerprint density at radius 2 is 2.22 bits per heavy atom. The van der Waals surface area contributed by atoms with Gasteiger partial charge in [-0.3, -0.25) is 4.79 Å². The molecule has 1 aliphatic rings. The summed E-state index contributed by atoms with van der Waals surface area (Å²) in [5, 5.41) is 11.9. The zero-order valence-electron chi connectivity index (χ0n) is 11.2. The molecule has 0 saturated carbocycles. The van der Waals surface area contributed by atoms with Gasteiger partial charge in [-0.2, -0.15) is 11.8 Å². The number of carbonyl (C=O) groups is 2. The molecule has 0 aliphatic carbocycles. The largest absolute Gasteiger partial charge is 0.481 e. The molecule has 1 aliphatic heterocycles. The van der Waals surface area contributed by atoms with Crippen LogP contribution in [0.1, 0.15) is 20.3 Å². The molecule has 0 spiro atoms. The Labute approximate surface area is 112 Å². The average Bonchev–Trinajstić information content (AvgIpc) is 2.68. The number of amides is 2. The summed E-state index contributed by atoms with van der Waals surface area (Å²) in [7, 11) is 0. The highest BCUT2D eigenvalue weighted by Gasteiger charge is 2.37. The van der Waals surface area contributed by atoms with E-state index in [1.54, 1.807) is 23.6 Å². The molecule has 3 atom stereocenters. The summed E-state index contributed by atoms with van der Waals surface area (Å²) >= 11 is 1.76. The highest BCUT2D eigenvalue weighted by atomic mass is 32.2. The maximum Gasteiger partial charge on any atom is 0.317 e. The summed E-state index contributed by atoms with van der Waals surface area (Å²) in [5.74, 6) is 0.193. The zero-order chi connectivity index (χ0) is 13.7. The van der Waals surface area contributed by atoms with Crippen LogP contribution in [0.25, 0.3) is 0 Å². The molecule has 2 N–H and O–H groups in total. The van der Waals surface area contributed by atoms with Crippen molar-refractivity contribution in [2.24, 2.45) is 11.8 Å². The number of carboxylic acid groups (broad SMARTS) is 1. The van der Waals surface area contributed by atoms with Gasteiger partial charge >= 0.3 is 12.0 Å². The maximum absolute atomic E-state index is 11.9.